The highest BCUT2D eigenvalue weighted by atomic mass is 16.7. The summed E-state index contributed by atoms with van der Waals surface area (Å²) in [5.41, 5.74) is 0. The first-order valence-electron chi connectivity index (χ1n) is 3.73. The molecule has 1 fully saturated rings. The van der Waals surface area contributed by atoms with E-state index >= 15 is 0 Å². The first kappa shape index (κ1) is 8.93. The van der Waals surface area contributed by atoms with Crippen LogP contribution < -0.4 is 0 Å². The van der Waals surface area contributed by atoms with Gasteiger partial charge in [-0.25, -0.2) is 0 Å². The van der Waals surface area contributed by atoms with Crippen molar-refractivity contribution in [1.82, 2.24) is 0 Å². The quantitative estimate of drug-likeness (QED) is 0.579. The summed E-state index contributed by atoms with van der Waals surface area (Å²) in [6.07, 6.45) is -0.316. The zero-order valence-electron chi connectivity index (χ0n) is 6.56. The molecule has 1 rings (SSSR count). The van der Waals surface area contributed by atoms with Crippen LogP contribution in [0.1, 0.15) is 6.42 Å². The Labute approximate surface area is 65.7 Å². The lowest BCUT2D eigenvalue weighted by Gasteiger charge is -2.17. The Bertz CT molecular complexity index is 117. The number of hydrogen-bond donors (Lipinski definition) is 2. The number of methoxy groups -OCH3 is 1. The number of ether oxygens (including phenoxy) is 2. The van der Waals surface area contributed by atoms with Gasteiger partial charge < -0.3 is 19.7 Å². The van der Waals surface area contributed by atoms with Gasteiger partial charge in [0.1, 0.15) is 0 Å². The number of hydrogen-bond acceptors (Lipinski definition) is 4. The molecule has 0 aliphatic carbocycles. The maximum atomic E-state index is 9.31. The van der Waals surface area contributed by atoms with Gasteiger partial charge >= 0.3 is 0 Å². The van der Waals surface area contributed by atoms with Crippen LogP contribution in [0.2, 0.25) is 0 Å². The van der Waals surface area contributed by atoms with E-state index in [0.29, 0.717) is 13.0 Å². The van der Waals surface area contributed by atoms with Crippen LogP contribution in [-0.4, -0.2) is 42.9 Å². The van der Waals surface area contributed by atoms with Crippen molar-refractivity contribution in [2.45, 2.75) is 18.8 Å². The van der Waals surface area contributed by atoms with Gasteiger partial charge in [0.15, 0.2) is 6.29 Å². The first-order chi connectivity index (χ1) is 5.29. The SMILES string of the molecule is COC1OCC(O)C1CCO. The number of rotatable bonds is 3. The predicted octanol–water partition coefficient (Wildman–Crippen LogP) is -0.651. The molecule has 0 bridgehead atoms. The van der Waals surface area contributed by atoms with Crippen molar-refractivity contribution in [1.29, 1.82) is 0 Å². The second-order valence-electron chi connectivity index (χ2n) is 2.68. The first-order valence-corrected chi connectivity index (χ1v) is 3.73. The van der Waals surface area contributed by atoms with Gasteiger partial charge in [0.05, 0.1) is 12.7 Å². The van der Waals surface area contributed by atoms with Gasteiger partial charge in [-0.3, -0.25) is 0 Å². The second kappa shape index (κ2) is 4.01. The molecule has 1 aliphatic rings. The topological polar surface area (TPSA) is 58.9 Å². The fourth-order valence-electron chi connectivity index (χ4n) is 1.34. The maximum absolute atomic E-state index is 9.31. The monoisotopic (exact) mass is 162 g/mol. The van der Waals surface area contributed by atoms with Crippen LogP contribution in [0.4, 0.5) is 0 Å². The molecular formula is C7H14O4. The largest absolute Gasteiger partial charge is 0.396 e. The van der Waals surface area contributed by atoms with E-state index in [4.69, 9.17) is 14.6 Å². The van der Waals surface area contributed by atoms with Gasteiger partial charge in [-0.15, -0.1) is 0 Å². The molecule has 0 saturated carbocycles. The van der Waals surface area contributed by atoms with Gasteiger partial charge in [0.25, 0.3) is 0 Å². The van der Waals surface area contributed by atoms with E-state index in [1.165, 1.54) is 7.11 Å². The van der Waals surface area contributed by atoms with E-state index in [0.717, 1.165) is 0 Å². The molecule has 0 aromatic heterocycles. The molecule has 0 aromatic rings. The fourth-order valence-corrected chi connectivity index (χ4v) is 1.34. The average Bonchev–Trinajstić information content (AvgIpc) is 2.34. The Balaban J connectivity index is 2.42. The molecule has 0 aromatic carbocycles. The molecular weight excluding hydrogens is 148 g/mol. The summed E-state index contributed by atoms with van der Waals surface area (Å²) < 4.78 is 10.0. The molecule has 4 nitrogen and oxygen atoms in total. The molecule has 0 spiro atoms. The summed E-state index contributed by atoms with van der Waals surface area (Å²) in [4.78, 5) is 0. The normalized spacial score (nSPS) is 37.9. The van der Waals surface area contributed by atoms with E-state index in [1.807, 2.05) is 0 Å². The number of aliphatic hydroxyl groups is 2. The summed E-state index contributed by atoms with van der Waals surface area (Å²) in [6, 6.07) is 0. The van der Waals surface area contributed by atoms with E-state index in [9.17, 15) is 5.11 Å². The molecule has 2 N–H and O–H groups in total. The van der Waals surface area contributed by atoms with E-state index < -0.39 is 6.10 Å². The molecule has 0 radical (unpaired) electrons. The fraction of sp³-hybridized carbons (Fsp3) is 1.00. The van der Waals surface area contributed by atoms with Crippen molar-refractivity contribution >= 4 is 0 Å². The van der Waals surface area contributed by atoms with Crippen molar-refractivity contribution in [3.63, 3.8) is 0 Å². The Morgan fingerprint density at radius 1 is 1.64 bits per heavy atom. The molecule has 1 saturated heterocycles. The smallest absolute Gasteiger partial charge is 0.162 e. The molecule has 66 valence electrons. The van der Waals surface area contributed by atoms with Gasteiger partial charge in [-0.05, 0) is 6.42 Å². The van der Waals surface area contributed by atoms with Crippen LogP contribution in [0, 0.1) is 5.92 Å². The third kappa shape index (κ3) is 1.90. The van der Waals surface area contributed by atoms with Crippen LogP contribution in [0.3, 0.4) is 0 Å². The van der Waals surface area contributed by atoms with Gasteiger partial charge in [-0.1, -0.05) is 0 Å². The van der Waals surface area contributed by atoms with E-state index in [1.54, 1.807) is 0 Å². The van der Waals surface area contributed by atoms with Crippen molar-refractivity contribution < 1.29 is 19.7 Å². The summed E-state index contributed by atoms with van der Waals surface area (Å²) >= 11 is 0. The Morgan fingerprint density at radius 3 is 2.91 bits per heavy atom. The zero-order chi connectivity index (χ0) is 8.27. The Morgan fingerprint density at radius 2 is 2.36 bits per heavy atom. The Kier molecular flexibility index (Phi) is 3.26. The van der Waals surface area contributed by atoms with Crippen LogP contribution in [-0.2, 0) is 9.47 Å². The Hall–Kier alpha value is -0.160. The van der Waals surface area contributed by atoms with Crippen LogP contribution in [0.15, 0.2) is 0 Å². The van der Waals surface area contributed by atoms with Gasteiger partial charge in [0.2, 0.25) is 0 Å². The molecule has 11 heavy (non-hydrogen) atoms. The minimum Gasteiger partial charge on any atom is -0.396 e. The summed E-state index contributed by atoms with van der Waals surface area (Å²) in [5.74, 6) is -0.0787. The maximum Gasteiger partial charge on any atom is 0.162 e. The highest BCUT2D eigenvalue weighted by Gasteiger charge is 2.35. The van der Waals surface area contributed by atoms with Gasteiger partial charge in [-0.2, -0.15) is 0 Å². The van der Waals surface area contributed by atoms with Crippen LogP contribution in [0.5, 0.6) is 0 Å². The minimum absolute atomic E-state index is 0.0605. The zero-order valence-corrected chi connectivity index (χ0v) is 6.56. The van der Waals surface area contributed by atoms with Crippen molar-refractivity contribution in [3.8, 4) is 0 Å². The lowest BCUT2D eigenvalue weighted by atomic mass is 10.0. The number of aliphatic hydroxyl groups excluding tert-OH is 2. The summed E-state index contributed by atoms with van der Waals surface area (Å²) in [5, 5.41) is 17.9. The van der Waals surface area contributed by atoms with E-state index in [2.05, 4.69) is 0 Å². The van der Waals surface area contributed by atoms with Crippen molar-refractivity contribution in [3.05, 3.63) is 0 Å². The van der Waals surface area contributed by atoms with Crippen molar-refractivity contribution in [2.75, 3.05) is 20.3 Å². The third-order valence-electron chi connectivity index (χ3n) is 1.97. The van der Waals surface area contributed by atoms with Crippen LogP contribution in [0.25, 0.3) is 0 Å². The van der Waals surface area contributed by atoms with E-state index in [-0.39, 0.29) is 18.8 Å². The standard InChI is InChI=1S/C7H14O4/c1-10-7-5(2-3-8)6(9)4-11-7/h5-9H,2-4H2,1H3. The minimum atomic E-state index is -0.493. The molecule has 4 heteroatoms. The summed E-state index contributed by atoms with van der Waals surface area (Å²) in [7, 11) is 1.53. The molecule has 1 heterocycles. The highest BCUT2D eigenvalue weighted by Crippen LogP contribution is 2.24. The lowest BCUT2D eigenvalue weighted by molar-refractivity contribution is -0.113. The molecule has 3 unspecified atom stereocenters. The second-order valence-corrected chi connectivity index (χ2v) is 2.68. The highest BCUT2D eigenvalue weighted by molar-refractivity contribution is 4.77. The molecule has 1 aliphatic heterocycles. The molecule has 3 atom stereocenters. The predicted molar refractivity (Wildman–Crippen MR) is 37.9 cm³/mol. The molecule has 0 amide bonds. The van der Waals surface area contributed by atoms with Crippen LogP contribution >= 0.6 is 0 Å². The third-order valence-corrected chi connectivity index (χ3v) is 1.97. The van der Waals surface area contributed by atoms with Gasteiger partial charge in [0, 0.05) is 19.6 Å². The average molecular weight is 162 g/mol. The lowest BCUT2D eigenvalue weighted by Crippen LogP contribution is -2.26. The van der Waals surface area contributed by atoms with Crippen molar-refractivity contribution in [2.24, 2.45) is 5.92 Å². The summed E-state index contributed by atoms with van der Waals surface area (Å²) in [6.45, 7) is 0.369.